The average molecular weight is 163 g/mol. The lowest BCUT2D eigenvalue weighted by molar-refractivity contribution is 0.112. The first-order valence-corrected chi connectivity index (χ1v) is 3.44. The van der Waals surface area contributed by atoms with E-state index in [0.29, 0.717) is 17.1 Å². The van der Waals surface area contributed by atoms with Gasteiger partial charge in [-0.25, -0.2) is 4.98 Å². The molecule has 0 fully saturated rings. The van der Waals surface area contributed by atoms with Gasteiger partial charge in [-0.05, 0) is 12.1 Å². The van der Waals surface area contributed by atoms with Crippen LogP contribution in [0.1, 0.15) is 16.1 Å². The number of carbonyl (C=O) groups excluding carboxylic acids is 1. The van der Waals surface area contributed by atoms with Crippen molar-refractivity contribution in [1.29, 1.82) is 0 Å². The fourth-order valence-corrected chi connectivity index (χ4v) is 0.844. The van der Waals surface area contributed by atoms with Gasteiger partial charge < -0.3 is 4.74 Å². The highest BCUT2D eigenvalue weighted by molar-refractivity contribution is 5.80. The van der Waals surface area contributed by atoms with Crippen molar-refractivity contribution in [3.63, 3.8) is 0 Å². The van der Waals surface area contributed by atoms with Crippen LogP contribution in [0.25, 0.3) is 6.08 Å². The lowest BCUT2D eigenvalue weighted by Crippen LogP contribution is -1.93. The maximum absolute atomic E-state index is 10.5. The Hall–Kier alpha value is -1.64. The lowest BCUT2D eigenvalue weighted by Gasteiger charge is -2.01. The SMILES string of the molecule is C=Cc1nc(OC)ccc1C=O. The molecule has 0 radical (unpaired) electrons. The molecule has 1 aromatic rings. The maximum atomic E-state index is 10.5. The second-order valence-electron chi connectivity index (χ2n) is 2.15. The molecule has 0 aliphatic carbocycles. The van der Waals surface area contributed by atoms with Crippen molar-refractivity contribution in [2.24, 2.45) is 0 Å². The lowest BCUT2D eigenvalue weighted by atomic mass is 10.2. The third-order valence-corrected chi connectivity index (χ3v) is 1.46. The number of pyridine rings is 1. The van der Waals surface area contributed by atoms with Gasteiger partial charge in [0.05, 0.1) is 12.8 Å². The van der Waals surface area contributed by atoms with E-state index < -0.39 is 0 Å². The first-order chi connectivity index (χ1) is 5.81. The van der Waals surface area contributed by atoms with Crippen LogP contribution in [0.4, 0.5) is 0 Å². The van der Waals surface area contributed by atoms with Gasteiger partial charge in [0.15, 0.2) is 6.29 Å². The Kier molecular flexibility index (Phi) is 2.58. The normalized spacial score (nSPS) is 9.08. The zero-order chi connectivity index (χ0) is 8.97. The van der Waals surface area contributed by atoms with E-state index in [4.69, 9.17) is 4.74 Å². The summed E-state index contributed by atoms with van der Waals surface area (Å²) in [6.07, 6.45) is 2.26. The van der Waals surface area contributed by atoms with Crippen LogP contribution >= 0.6 is 0 Å². The van der Waals surface area contributed by atoms with E-state index in [9.17, 15) is 4.79 Å². The molecule has 0 aliphatic heterocycles. The van der Waals surface area contributed by atoms with Gasteiger partial charge in [-0.3, -0.25) is 4.79 Å². The fourth-order valence-electron chi connectivity index (χ4n) is 0.844. The van der Waals surface area contributed by atoms with Gasteiger partial charge >= 0.3 is 0 Å². The van der Waals surface area contributed by atoms with Crippen molar-refractivity contribution >= 4 is 12.4 Å². The molecule has 1 heterocycles. The fraction of sp³-hybridized carbons (Fsp3) is 0.111. The summed E-state index contributed by atoms with van der Waals surface area (Å²) in [6, 6.07) is 3.28. The Morgan fingerprint density at radius 2 is 2.33 bits per heavy atom. The molecule has 0 saturated heterocycles. The molecular weight excluding hydrogens is 154 g/mol. The second-order valence-corrected chi connectivity index (χ2v) is 2.15. The monoisotopic (exact) mass is 163 g/mol. The second kappa shape index (κ2) is 3.67. The highest BCUT2D eigenvalue weighted by Gasteiger charge is 2.00. The van der Waals surface area contributed by atoms with Crippen molar-refractivity contribution in [1.82, 2.24) is 4.98 Å². The predicted octanol–water partition coefficient (Wildman–Crippen LogP) is 1.55. The summed E-state index contributed by atoms with van der Waals surface area (Å²) in [4.78, 5) is 14.5. The van der Waals surface area contributed by atoms with Gasteiger partial charge in [-0.2, -0.15) is 0 Å². The third-order valence-electron chi connectivity index (χ3n) is 1.46. The Labute approximate surface area is 70.7 Å². The van der Waals surface area contributed by atoms with Crippen LogP contribution in [0.5, 0.6) is 5.88 Å². The van der Waals surface area contributed by atoms with Crippen LogP contribution in [-0.4, -0.2) is 18.4 Å². The molecule has 0 unspecified atom stereocenters. The number of methoxy groups -OCH3 is 1. The summed E-state index contributed by atoms with van der Waals surface area (Å²) in [5.41, 5.74) is 1.06. The number of nitrogens with zero attached hydrogens (tertiary/aromatic N) is 1. The number of carbonyl (C=O) groups is 1. The summed E-state index contributed by atoms with van der Waals surface area (Å²) in [5.74, 6) is 0.482. The molecule has 0 bridgehead atoms. The molecule has 0 atom stereocenters. The molecule has 1 rings (SSSR count). The number of aromatic nitrogens is 1. The molecule has 3 nitrogen and oxygen atoms in total. The first kappa shape index (κ1) is 8.46. The van der Waals surface area contributed by atoms with Crippen LogP contribution in [-0.2, 0) is 0 Å². The molecule has 0 aliphatic rings. The van der Waals surface area contributed by atoms with E-state index in [2.05, 4.69) is 11.6 Å². The minimum atomic E-state index is 0.482. The van der Waals surface area contributed by atoms with Crippen LogP contribution in [0, 0.1) is 0 Å². The molecule has 1 aromatic heterocycles. The molecule has 3 heteroatoms. The quantitative estimate of drug-likeness (QED) is 0.634. The Morgan fingerprint density at radius 1 is 1.58 bits per heavy atom. The van der Waals surface area contributed by atoms with E-state index in [1.54, 1.807) is 12.1 Å². The van der Waals surface area contributed by atoms with Crippen LogP contribution in [0.3, 0.4) is 0 Å². The molecule has 0 spiro atoms. The summed E-state index contributed by atoms with van der Waals surface area (Å²) < 4.78 is 4.88. The van der Waals surface area contributed by atoms with Gasteiger partial charge in [0.25, 0.3) is 0 Å². The predicted molar refractivity (Wildman–Crippen MR) is 46.3 cm³/mol. The van der Waals surface area contributed by atoms with E-state index in [0.717, 1.165) is 6.29 Å². The Balaban J connectivity index is 3.18. The van der Waals surface area contributed by atoms with Gasteiger partial charge in [-0.15, -0.1) is 0 Å². The van der Waals surface area contributed by atoms with E-state index >= 15 is 0 Å². The van der Waals surface area contributed by atoms with Crippen LogP contribution < -0.4 is 4.74 Å². The molecule has 0 N–H and O–H groups in total. The minimum absolute atomic E-state index is 0.482. The molecule has 0 aromatic carbocycles. The summed E-state index contributed by atoms with van der Waals surface area (Å²) in [6.45, 7) is 3.54. The highest BCUT2D eigenvalue weighted by atomic mass is 16.5. The first-order valence-electron chi connectivity index (χ1n) is 3.44. The Bertz CT molecular complexity index is 307. The number of rotatable bonds is 3. The third kappa shape index (κ3) is 1.50. The summed E-state index contributed by atoms with van der Waals surface area (Å²) in [5, 5.41) is 0. The summed E-state index contributed by atoms with van der Waals surface area (Å²) >= 11 is 0. The number of aldehydes is 1. The van der Waals surface area contributed by atoms with E-state index in [1.165, 1.54) is 13.2 Å². The maximum Gasteiger partial charge on any atom is 0.213 e. The van der Waals surface area contributed by atoms with Crippen molar-refractivity contribution in [2.75, 3.05) is 7.11 Å². The zero-order valence-corrected chi connectivity index (χ0v) is 6.78. The Morgan fingerprint density at radius 3 is 2.83 bits per heavy atom. The van der Waals surface area contributed by atoms with Crippen molar-refractivity contribution < 1.29 is 9.53 Å². The van der Waals surface area contributed by atoms with Gasteiger partial charge in [-0.1, -0.05) is 6.58 Å². The van der Waals surface area contributed by atoms with E-state index in [-0.39, 0.29) is 0 Å². The van der Waals surface area contributed by atoms with Crippen molar-refractivity contribution in [3.8, 4) is 5.88 Å². The molecule has 12 heavy (non-hydrogen) atoms. The van der Waals surface area contributed by atoms with Gasteiger partial charge in [0, 0.05) is 11.6 Å². The largest absolute Gasteiger partial charge is 0.481 e. The van der Waals surface area contributed by atoms with Gasteiger partial charge in [0.1, 0.15) is 0 Å². The minimum Gasteiger partial charge on any atom is -0.481 e. The van der Waals surface area contributed by atoms with Crippen molar-refractivity contribution in [2.45, 2.75) is 0 Å². The average Bonchev–Trinajstić information content (AvgIpc) is 2.16. The van der Waals surface area contributed by atoms with E-state index in [1.807, 2.05) is 0 Å². The molecule has 0 amide bonds. The number of ether oxygens (including phenoxy) is 1. The van der Waals surface area contributed by atoms with Crippen LogP contribution in [0.15, 0.2) is 18.7 Å². The standard InChI is InChI=1S/C9H9NO2/c1-3-8-7(6-11)4-5-9(10-8)12-2/h3-6H,1H2,2H3. The highest BCUT2D eigenvalue weighted by Crippen LogP contribution is 2.11. The summed E-state index contributed by atoms with van der Waals surface area (Å²) in [7, 11) is 1.52. The number of hydrogen-bond acceptors (Lipinski definition) is 3. The van der Waals surface area contributed by atoms with Gasteiger partial charge in [0.2, 0.25) is 5.88 Å². The molecule has 0 saturated carbocycles. The topological polar surface area (TPSA) is 39.2 Å². The van der Waals surface area contributed by atoms with Crippen molar-refractivity contribution in [3.05, 3.63) is 30.0 Å². The molecule has 62 valence electrons. The number of hydrogen-bond donors (Lipinski definition) is 0. The van der Waals surface area contributed by atoms with Crippen LogP contribution in [0.2, 0.25) is 0 Å². The molecular formula is C9H9NO2. The smallest absolute Gasteiger partial charge is 0.213 e. The zero-order valence-electron chi connectivity index (χ0n) is 6.78.